The van der Waals surface area contributed by atoms with Crippen LogP contribution in [0.25, 0.3) is 0 Å². The Morgan fingerprint density at radius 3 is 3.00 bits per heavy atom. The number of nitrogens with one attached hydrogen (secondary N) is 1. The molecule has 1 heterocycles. The Bertz CT molecular complexity index is 139. The van der Waals surface area contributed by atoms with Crippen molar-refractivity contribution < 1.29 is 18.9 Å². The second kappa shape index (κ2) is 9.06. The summed E-state index contributed by atoms with van der Waals surface area (Å²) in [5.74, 6) is 0. The van der Waals surface area contributed by atoms with E-state index in [1.807, 2.05) is 0 Å². The van der Waals surface area contributed by atoms with Crippen LogP contribution < -0.4 is 5.32 Å². The van der Waals surface area contributed by atoms with Crippen LogP contribution in [0.2, 0.25) is 0 Å². The highest BCUT2D eigenvalue weighted by Gasteiger charge is 2.12. The quantitative estimate of drug-likeness (QED) is 0.582. The minimum Gasteiger partial charge on any atom is -0.382 e. The lowest BCUT2D eigenvalue weighted by Gasteiger charge is -2.22. The zero-order chi connectivity index (χ0) is 10.8. The zero-order valence-corrected chi connectivity index (χ0v) is 9.37. The van der Waals surface area contributed by atoms with Gasteiger partial charge in [0.05, 0.1) is 32.5 Å². The Hall–Kier alpha value is -0.200. The average Bonchev–Trinajstić information content (AvgIpc) is 2.29. The molecule has 0 amide bonds. The summed E-state index contributed by atoms with van der Waals surface area (Å²) in [7, 11) is 1.67. The van der Waals surface area contributed by atoms with E-state index in [1.54, 1.807) is 7.11 Å². The fraction of sp³-hybridized carbons (Fsp3) is 1.00. The van der Waals surface area contributed by atoms with Crippen LogP contribution >= 0.6 is 0 Å². The molecule has 5 nitrogen and oxygen atoms in total. The number of hydrogen-bond acceptors (Lipinski definition) is 5. The molecule has 0 aliphatic carbocycles. The van der Waals surface area contributed by atoms with Gasteiger partial charge in [0.1, 0.15) is 6.79 Å². The summed E-state index contributed by atoms with van der Waals surface area (Å²) in [6, 6.07) is 0. The fourth-order valence-electron chi connectivity index (χ4n) is 1.31. The maximum Gasteiger partial charge on any atom is 0.147 e. The highest BCUT2D eigenvalue weighted by atomic mass is 16.7. The minimum absolute atomic E-state index is 0.290. The molecule has 1 N–H and O–H groups in total. The predicted octanol–water partition coefficient (Wildman–Crippen LogP) is 0.00200. The van der Waals surface area contributed by atoms with Crippen molar-refractivity contribution in [3.63, 3.8) is 0 Å². The molecule has 0 aromatic carbocycles. The van der Waals surface area contributed by atoms with E-state index in [0.29, 0.717) is 26.6 Å². The number of methoxy groups -OCH3 is 1. The molecule has 1 saturated heterocycles. The van der Waals surface area contributed by atoms with Crippen molar-refractivity contribution in [3.05, 3.63) is 0 Å². The summed E-state index contributed by atoms with van der Waals surface area (Å²) in [6.07, 6.45) is 1.26. The van der Waals surface area contributed by atoms with Crippen molar-refractivity contribution in [1.82, 2.24) is 5.32 Å². The Balaban J connectivity index is 1.79. The SMILES string of the molecule is COCCOCCNCC1CCOCO1. The van der Waals surface area contributed by atoms with Crippen molar-refractivity contribution in [2.24, 2.45) is 0 Å². The number of hydrogen-bond donors (Lipinski definition) is 1. The van der Waals surface area contributed by atoms with E-state index in [4.69, 9.17) is 18.9 Å². The normalized spacial score (nSPS) is 21.8. The molecule has 0 saturated carbocycles. The first kappa shape index (κ1) is 12.9. The van der Waals surface area contributed by atoms with Gasteiger partial charge in [-0.25, -0.2) is 0 Å². The summed E-state index contributed by atoms with van der Waals surface area (Å²) < 4.78 is 20.6. The second-order valence-corrected chi connectivity index (χ2v) is 3.41. The van der Waals surface area contributed by atoms with Crippen LogP contribution in [0.15, 0.2) is 0 Å². The molecule has 0 spiro atoms. The molecule has 1 rings (SSSR count). The molecule has 0 radical (unpaired) electrons. The van der Waals surface area contributed by atoms with Gasteiger partial charge in [-0.15, -0.1) is 0 Å². The highest BCUT2D eigenvalue weighted by molar-refractivity contribution is 4.63. The Kier molecular flexibility index (Phi) is 7.77. The summed E-state index contributed by atoms with van der Waals surface area (Å²) in [5, 5.41) is 3.29. The maximum absolute atomic E-state index is 5.38. The Morgan fingerprint density at radius 1 is 1.33 bits per heavy atom. The van der Waals surface area contributed by atoms with E-state index in [2.05, 4.69) is 5.32 Å². The monoisotopic (exact) mass is 219 g/mol. The van der Waals surface area contributed by atoms with Gasteiger partial charge >= 0.3 is 0 Å². The second-order valence-electron chi connectivity index (χ2n) is 3.41. The molecule has 0 aromatic rings. The van der Waals surface area contributed by atoms with E-state index in [0.717, 1.165) is 26.1 Å². The van der Waals surface area contributed by atoms with Crippen molar-refractivity contribution >= 4 is 0 Å². The van der Waals surface area contributed by atoms with E-state index < -0.39 is 0 Å². The first-order valence-corrected chi connectivity index (χ1v) is 5.40. The van der Waals surface area contributed by atoms with Gasteiger partial charge in [0.15, 0.2) is 0 Å². The summed E-state index contributed by atoms with van der Waals surface area (Å²) in [6.45, 7) is 4.98. The number of ether oxygens (including phenoxy) is 4. The molecule has 1 aliphatic rings. The third kappa shape index (κ3) is 6.81. The lowest BCUT2D eigenvalue weighted by molar-refractivity contribution is -0.137. The Morgan fingerprint density at radius 2 is 2.27 bits per heavy atom. The third-order valence-corrected chi connectivity index (χ3v) is 2.20. The average molecular weight is 219 g/mol. The molecule has 1 atom stereocenters. The van der Waals surface area contributed by atoms with Gasteiger partial charge in [-0.05, 0) is 6.42 Å². The molecule has 1 unspecified atom stereocenters. The summed E-state index contributed by atoms with van der Waals surface area (Å²) >= 11 is 0. The molecular formula is C10H21NO4. The zero-order valence-electron chi connectivity index (χ0n) is 9.37. The summed E-state index contributed by atoms with van der Waals surface area (Å²) in [4.78, 5) is 0. The van der Waals surface area contributed by atoms with Crippen molar-refractivity contribution in [1.29, 1.82) is 0 Å². The molecule has 15 heavy (non-hydrogen) atoms. The van der Waals surface area contributed by atoms with E-state index in [9.17, 15) is 0 Å². The highest BCUT2D eigenvalue weighted by Crippen LogP contribution is 2.03. The fourth-order valence-corrected chi connectivity index (χ4v) is 1.31. The van der Waals surface area contributed by atoms with E-state index >= 15 is 0 Å². The topological polar surface area (TPSA) is 49.0 Å². The van der Waals surface area contributed by atoms with Crippen LogP contribution in [0.4, 0.5) is 0 Å². The van der Waals surface area contributed by atoms with Crippen molar-refractivity contribution in [3.8, 4) is 0 Å². The Labute approximate surface area is 91.0 Å². The molecule has 0 aromatic heterocycles. The minimum atomic E-state index is 0.290. The van der Waals surface area contributed by atoms with Gasteiger partial charge in [-0.2, -0.15) is 0 Å². The van der Waals surface area contributed by atoms with Crippen molar-refractivity contribution in [2.75, 3.05) is 53.4 Å². The standard InChI is InChI=1S/C10H21NO4/c1-12-6-7-13-5-3-11-8-10-2-4-14-9-15-10/h10-11H,2-9H2,1H3. The first-order chi connectivity index (χ1) is 7.43. The lowest BCUT2D eigenvalue weighted by Crippen LogP contribution is -2.35. The molecule has 0 bridgehead atoms. The van der Waals surface area contributed by atoms with Crippen molar-refractivity contribution in [2.45, 2.75) is 12.5 Å². The van der Waals surface area contributed by atoms with Gasteiger partial charge in [0, 0.05) is 20.2 Å². The van der Waals surface area contributed by atoms with Crippen LogP contribution in [0, 0.1) is 0 Å². The smallest absolute Gasteiger partial charge is 0.147 e. The van der Waals surface area contributed by atoms with Crippen LogP contribution in [0.1, 0.15) is 6.42 Å². The maximum atomic E-state index is 5.38. The van der Waals surface area contributed by atoms with E-state index in [-0.39, 0.29) is 6.10 Å². The van der Waals surface area contributed by atoms with Gasteiger partial charge in [0.25, 0.3) is 0 Å². The first-order valence-electron chi connectivity index (χ1n) is 5.40. The summed E-state index contributed by atoms with van der Waals surface area (Å²) in [5.41, 5.74) is 0. The van der Waals surface area contributed by atoms with E-state index in [1.165, 1.54) is 0 Å². The molecule has 5 heteroatoms. The molecule has 1 fully saturated rings. The number of rotatable bonds is 8. The van der Waals surface area contributed by atoms with Crippen LogP contribution in [-0.2, 0) is 18.9 Å². The van der Waals surface area contributed by atoms with Gasteiger partial charge in [-0.3, -0.25) is 0 Å². The molecule has 90 valence electrons. The van der Waals surface area contributed by atoms with Crippen LogP contribution in [-0.4, -0.2) is 59.5 Å². The van der Waals surface area contributed by atoms with Gasteiger partial charge < -0.3 is 24.3 Å². The van der Waals surface area contributed by atoms with Gasteiger partial charge in [-0.1, -0.05) is 0 Å². The van der Waals surface area contributed by atoms with Gasteiger partial charge in [0.2, 0.25) is 0 Å². The molecule has 1 aliphatic heterocycles. The molecular weight excluding hydrogens is 198 g/mol. The van der Waals surface area contributed by atoms with Crippen LogP contribution in [0.5, 0.6) is 0 Å². The predicted molar refractivity (Wildman–Crippen MR) is 55.9 cm³/mol. The lowest BCUT2D eigenvalue weighted by atomic mass is 10.2. The third-order valence-electron chi connectivity index (χ3n) is 2.20. The largest absolute Gasteiger partial charge is 0.382 e. The van der Waals surface area contributed by atoms with Crippen LogP contribution in [0.3, 0.4) is 0 Å².